The molecule has 0 bridgehead atoms. The van der Waals surface area contributed by atoms with E-state index in [0.29, 0.717) is 17.7 Å². The Kier molecular flexibility index (Phi) is 7.14. The van der Waals surface area contributed by atoms with Crippen molar-refractivity contribution in [3.05, 3.63) is 58.9 Å². The second-order valence-corrected chi connectivity index (χ2v) is 9.55. The van der Waals surface area contributed by atoms with E-state index in [9.17, 15) is 18.8 Å². The van der Waals surface area contributed by atoms with Gasteiger partial charge in [-0.2, -0.15) is 8.78 Å². The Morgan fingerprint density at radius 3 is 2.43 bits per heavy atom. The molecule has 188 valence electrons. The number of nitrogens with one attached hydrogen (secondary N) is 2. The van der Waals surface area contributed by atoms with Crippen LogP contribution in [0.15, 0.2) is 36.4 Å². The van der Waals surface area contributed by atoms with Crippen molar-refractivity contribution in [2.45, 2.75) is 46.1 Å². The highest BCUT2D eigenvalue weighted by Gasteiger charge is 2.49. The molecule has 3 rings (SSSR count). The van der Waals surface area contributed by atoms with E-state index < -0.39 is 34.5 Å². The lowest BCUT2D eigenvalue weighted by Crippen LogP contribution is -2.58. The van der Waals surface area contributed by atoms with Gasteiger partial charge in [0.15, 0.2) is 0 Å². The summed E-state index contributed by atoms with van der Waals surface area (Å²) >= 11 is 0. The van der Waals surface area contributed by atoms with Crippen LogP contribution < -0.4 is 16.4 Å². The Labute approximate surface area is 201 Å². The van der Waals surface area contributed by atoms with Crippen molar-refractivity contribution >= 4 is 29.1 Å². The number of nitrogens with zero attached hydrogens (tertiary/aromatic N) is 1. The van der Waals surface area contributed by atoms with Crippen LogP contribution in [0.3, 0.4) is 0 Å². The number of carbonyl (C=O) groups is 3. The molecule has 0 aliphatic carbocycles. The molecule has 7 nitrogen and oxygen atoms in total. The number of anilines is 2. The minimum atomic E-state index is -3.98. The number of benzene rings is 2. The second kappa shape index (κ2) is 9.59. The smallest absolute Gasteiger partial charge is 0.351 e. The maximum Gasteiger partial charge on any atom is 0.351 e. The van der Waals surface area contributed by atoms with E-state index in [0.717, 1.165) is 17.0 Å². The van der Waals surface area contributed by atoms with Crippen LogP contribution in [0.2, 0.25) is 0 Å². The molecule has 0 spiro atoms. The van der Waals surface area contributed by atoms with Crippen LogP contribution in [0, 0.1) is 18.2 Å². The lowest BCUT2D eigenvalue weighted by atomic mass is 9.78. The Morgan fingerprint density at radius 1 is 1.14 bits per heavy atom. The fraction of sp³-hybridized carbons (Fsp3) is 0.400. The SMILES string of the molecule is CC(=O)NC1CCN(C(=O)C(F)(F)c2cc(C(=O)Nc3ccc(F)c(C)c3)ccc2N)CC1(C)C. The van der Waals surface area contributed by atoms with E-state index in [1.54, 1.807) is 13.8 Å². The number of nitrogen functional groups attached to an aromatic ring is 1. The minimum Gasteiger partial charge on any atom is -0.398 e. The van der Waals surface area contributed by atoms with E-state index in [4.69, 9.17) is 5.73 Å². The first-order valence-electron chi connectivity index (χ1n) is 11.1. The van der Waals surface area contributed by atoms with Crippen LogP contribution in [0.25, 0.3) is 0 Å². The minimum absolute atomic E-state index is 0.0103. The number of alkyl halides is 2. The number of halogens is 3. The first-order chi connectivity index (χ1) is 16.2. The maximum absolute atomic E-state index is 15.4. The number of rotatable bonds is 5. The van der Waals surface area contributed by atoms with Crippen molar-refractivity contribution in [2.24, 2.45) is 5.41 Å². The molecule has 1 saturated heterocycles. The quantitative estimate of drug-likeness (QED) is 0.554. The molecule has 0 saturated carbocycles. The summed E-state index contributed by atoms with van der Waals surface area (Å²) in [6, 6.07) is 7.00. The molecule has 1 unspecified atom stereocenters. The van der Waals surface area contributed by atoms with Gasteiger partial charge in [0.25, 0.3) is 11.8 Å². The van der Waals surface area contributed by atoms with Crippen LogP contribution in [-0.2, 0) is 15.5 Å². The Hall–Kier alpha value is -3.56. The van der Waals surface area contributed by atoms with Crippen LogP contribution >= 0.6 is 0 Å². The van der Waals surface area contributed by atoms with Crippen molar-refractivity contribution in [1.82, 2.24) is 10.2 Å². The summed E-state index contributed by atoms with van der Waals surface area (Å²) in [6.45, 7) is 6.54. The van der Waals surface area contributed by atoms with E-state index in [2.05, 4.69) is 10.6 Å². The predicted molar refractivity (Wildman–Crippen MR) is 126 cm³/mol. The second-order valence-electron chi connectivity index (χ2n) is 9.55. The first-order valence-corrected chi connectivity index (χ1v) is 11.1. The van der Waals surface area contributed by atoms with E-state index in [-0.39, 0.29) is 36.3 Å². The van der Waals surface area contributed by atoms with Crippen LogP contribution in [0.4, 0.5) is 24.5 Å². The molecule has 1 atom stereocenters. The van der Waals surface area contributed by atoms with E-state index in [1.165, 1.54) is 38.1 Å². The summed E-state index contributed by atoms with van der Waals surface area (Å²) < 4.78 is 44.3. The number of piperidine rings is 1. The molecule has 1 aliphatic rings. The van der Waals surface area contributed by atoms with Gasteiger partial charge in [0.2, 0.25) is 5.91 Å². The summed E-state index contributed by atoms with van der Waals surface area (Å²) in [7, 11) is 0. The lowest BCUT2D eigenvalue weighted by molar-refractivity contribution is -0.162. The van der Waals surface area contributed by atoms with Gasteiger partial charge in [-0.1, -0.05) is 13.8 Å². The third-order valence-electron chi connectivity index (χ3n) is 6.23. The van der Waals surface area contributed by atoms with Crippen LogP contribution in [-0.4, -0.2) is 41.8 Å². The van der Waals surface area contributed by atoms with Gasteiger partial charge in [0.05, 0.1) is 5.56 Å². The largest absolute Gasteiger partial charge is 0.398 e. The summed E-state index contributed by atoms with van der Waals surface area (Å²) in [5, 5.41) is 5.33. The zero-order chi connectivity index (χ0) is 26.1. The molecule has 2 aromatic rings. The van der Waals surface area contributed by atoms with Crippen molar-refractivity contribution in [1.29, 1.82) is 0 Å². The standard InChI is InChI=1S/C25H29F3N4O3/c1-14-11-17(6-7-19(14)26)31-22(34)16-5-8-20(29)18(12-16)25(27,28)23(35)32-10-9-21(30-15(2)33)24(3,4)13-32/h5-8,11-12,21H,9-10,13,29H2,1-4H3,(H,30,33)(H,31,34). The molecule has 35 heavy (non-hydrogen) atoms. The number of likely N-dealkylation sites (tertiary alicyclic amines) is 1. The molecule has 1 heterocycles. The zero-order valence-electron chi connectivity index (χ0n) is 20.0. The number of carbonyl (C=O) groups excluding carboxylic acids is 3. The topological polar surface area (TPSA) is 105 Å². The van der Waals surface area contributed by atoms with Gasteiger partial charge in [-0.3, -0.25) is 14.4 Å². The number of hydrogen-bond acceptors (Lipinski definition) is 4. The van der Waals surface area contributed by atoms with Crippen molar-refractivity contribution in [3.8, 4) is 0 Å². The van der Waals surface area contributed by atoms with Crippen LogP contribution in [0.1, 0.15) is 48.7 Å². The van der Waals surface area contributed by atoms with Gasteiger partial charge in [-0.15, -0.1) is 0 Å². The Morgan fingerprint density at radius 2 is 1.83 bits per heavy atom. The average molecular weight is 491 g/mol. The summed E-state index contributed by atoms with van der Waals surface area (Å²) in [6.07, 6.45) is 0.323. The zero-order valence-corrected chi connectivity index (χ0v) is 20.0. The Balaban J connectivity index is 1.82. The number of hydrogen-bond donors (Lipinski definition) is 3. The molecule has 2 aromatic carbocycles. The highest BCUT2D eigenvalue weighted by atomic mass is 19.3. The molecule has 1 fully saturated rings. The molecule has 0 radical (unpaired) electrons. The third-order valence-corrected chi connectivity index (χ3v) is 6.23. The Bertz CT molecular complexity index is 1170. The normalized spacial score (nSPS) is 17.6. The monoisotopic (exact) mass is 490 g/mol. The van der Waals surface area contributed by atoms with Gasteiger partial charge in [0, 0.05) is 48.4 Å². The highest BCUT2D eigenvalue weighted by Crippen LogP contribution is 2.38. The molecule has 10 heteroatoms. The van der Waals surface area contributed by atoms with Crippen molar-refractivity contribution in [2.75, 3.05) is 24.1 Å². The summed E-state index contributed by atoms with van der Waals surface area (Å²) in [5.41, 5.74) is 4.53. The lowest BCUT2D eigenvalue weighted by Gasteiger charge is -2.45. The molecular formula is C25H29F3N4O3. The number of aryl methyl sites for hydroxylation is 1. The van der Waals surface area contributed by atoms with Gasteiger partial charge in [-0.05, 0) is 55.3 Å². The molecule has 3 amide bonds. The maximum atomic E-state index is 15.4. The molecule has 0 aromatic heterocycles. The fourth-order valence-electron chi connectivity index (χ4n) is 4.25. The number of nitrogens with two attached hydrogens (primary N) is 1. The average Bonchev–Trinajstić information content (AvgIpc) is 2.76. The van der Waals surface area contributed by atoms with Gasteiger partial charge in [-0.25, -0.2) is 4.39 Å². The molecule has 1 aliphatic heterocycles. The molecular weight excluding hydrogens is 461 g/mol. The van der Waals surface area contributed by atoms with Crippen molar-refractivity contribution in [3.63, 3.8) is 0 Å². The van der Waals surface area contributed by atoms with Crippen molar-refractivity contribution < 1.29 is 27.6 Å². The fourth-order valence-corrected chi connectivity index (χ4v) is 4.25. The van der Waals surface area contributed by atoms with Gasteiger partial charge >= 0.3 is 5.92 Å². The first kappa shape index (κ1) is 26.1. The third kappa shape index (κ3) is 5.58. The highest BCUT2D eigenvalue weighted by molar-refractivity contribution is 6.05. The summed E-state index contributed by atoms with van der Waals surface area (Å²) in [4.78, 5) is 38.1. The molecule has 4 N–H and O–H groups in total. The van der Waals surface area contributed by atoms with E-state index in [1.807, 2.05) is 0 Å². The number of amides is 3. The predicted octanol–water partition coefficient (Wildman–Crippen LogP) is 3.82. The van der Waals surface area contributed by atoms with Gasteiger partial charge < -0.3 is 21.3 Å². The van der Waals surface area contributed by atoms with Crippen LogP contribution in [0.5, 0.6) is 0 Å². The van der Waals surface area contributed by atoms with E-state index >= 15 is 8.78 Å². The van der Waals surface area contributed by atoms with Gasteiger partial charge in [0.1, 0.15) is 5.82 Å². The summed E-state index contributed by atoms with van der Waals surface area (Å²) in [5.74, 6) is -6.79.